The predicted molar refractivity (Wildman–Crippen MR) is 37.9 cm³/mol. The summed E-state index contributed by atoms with van der Waals surface area (Å²) in [5.41, 5.74) is 0. The lowest BCUT2D eigenvalue weighted by atomic mass is 9.72. The van der Waals surface area contributed by atoms with Crippen molar-refractivity contribution in [1.82, 2.24) is 0 Å². The Hall–Kier alpha value is 0. The van der Waals surface area contributed by atoms with E-state index in [4.69, 9.17) is 0 Å². The Morgan fingerprint density at radius 1 is 0.778 bits per heavy atom. The van der Waals surface area contributed by atoms with Gasteiger partial charge in [0.05, 0.1) is 0 Å². The summed E-state index contributed by atoms with van der Waals surface area (Å²) in [5.74, 6) is 1.80. The zero-order chi connectivity index (χ0) is 6.10. The van der Waals surface area contributed by atoms with Crippen LogP contribution in [0.3, 0.4) is 0 Å². The van der Waals surface area contributed by atoms with Crippen molar-refractivity contribution in [3.63, 3.8) is 0 Å². The Labute approximate surface area is 57.6 Å². The van der Waals surface area contributed by atoms with Gasteiger partial charge in [-0.3, -0.25) is 0 Å². The maximum atomic E-state index is 3.65. The van der Waals surface area contributed by atoms with Gasteiger partial charge in [0.2, 0.25) is 0 Å². The number of hydrogen-bond donors (Lipinski definition) is 0. The Bertz CT molecular complexity index is 76.2. The van der Waals surface area contributed by atoms with Crippen LogP contribution in [0, 0.1) is 18.3 Å². The molecule has 0 heteroatoms. The molecule has 0 heterocycles. The highest BCUT2D eigenvalue weighted by molar-refractivity contribution is 4.91. The van der Waals surface area contributed by atoms with Crippen LogP contribution in [0.15, 0.2) is 0 Å². The van der Waals surface area contributed by atoms with E-state index in [1.165, 1.54) is 38.5 Å². The molecule has 2 radical (unpaired) electrons. The van der Waals surface area contributed by atoms with Crippen LogP contribution in [-0.4, -0.2) is 0 Å². The summed E-state index contributed by atoms with van der Waals surface area (Å²) in [6.45, 7) is 0. The highest BCUT2D eigenvalue weighted by Gasteiger charge is 2.25. The molecule has 0 nitrogen and oxygen atoms in total. The van der Waals surface area contributed by atoms with Gasteiger partial charge in [-0.05, 0) is 43.9 Å². The molecule has 0 aromatic rings. The van der Waals surface area contributed by atoms with Gasteiger partial charge in [-0.2, -0.15) is 0 Å². The minimum Gasteiger partial charge on any atom is -0.0527 e. The third-order valence-corrected chi connectivity index (χ3v) is 2.68. The third-order valence-electron chi connectivity index (χ3n) is 2.68. The number of rotatable bonds is 0. The SMILES string of the molecule is [C]1C2CCCC1CCC2. The lowest BCUT2D eigenvalue weighted by Gasteiger charge is -2.33. The summed E-state index contributed by atoms with van der Waals surface area (Å²) in [7, 11) is 0. The molecule has 0 amide bonds. The molecule has 9 heavy (non-hydrogen) atoms. The fourth-order valence-electron chi connectivity index (χ4n) is 2.18. The lowest BCUT2D eigenvalue weighted by Crippen LogP contribution is -2.21. The van der Waals surface area contributed by atoms with Gasteiger partial charge in [0.15, 0.2) is 0 Å². The van der Waals surface area contributed by atoms with Crippen LogP contribution >= 0.6 is 0 Å². The van der Waals surface area contributed by atoms with Gasteiger partial charge in [0.25, 0.3) is 0 Å². The number of hydrogen-bond acceptors (Lipinski definition) is 0. The smallest absolute Gasteiger partial charge is 0.0106 e. The van der Waals surface area contributed by atoms with Crippen molar-refractivity contribution in [2.45, 2.75) is 38.5 Å². The molecule has 0 unspecified atom stereocenters. The molecule has 2 fully saturated rings. The summed E-state index contributed by atoms with van der Waals surface area (Å²) in [5, 5.41) is 0. The van der Waals surface area contributed by atoms with E-state index in [-0.39, 0.29) is 0 Å². The summed E-state index contributed by atoms with van der Waals surface area (Å²) in [6.07, 6.45) is 12.4. The van der Waals surface area contributed by atoms with E-state index >= 15 is 0 Å². The quantitative estimate of drug-likeness (QED) is 0.463. The molecule has 0 aliphatic heterocycles. The van der Waals surface area contributed by atoms with Crippen molar-refractivity contribution < 1.29 is 0 Å². The van der Waals surface area contributed by atoms with Crippen LogP contribution in [0.5, 0.6) is 0 Å². The molecule has 2 aliphatic carbocycles. The fourth-order valence-corrected chi connectivity index (χ4v) is 2.18. The molecular formula is C9H14. The van der Waals surface area contributed by atoms with E-state index in [1.54, 1.807) is 0 Å². The Kier molecular flexibility index (Phi) is 1.48. The van der Waals surface area contributed by atoms with E-state index in [1.807, 2.05) is 0 Å². The van der Waals surface area contributed by atoms with Crippen molar-refractivity contribution in [3.05, 3.63) is 6.42 Å². The first-order valence-corrected chi connectivity index (χ1v) is 4.21. The van der Waals surface area contributed by atoms with Crippen LogP contribution in [0.1, 0.15) is 38.5 Å². The molecule has 0 atom stereocenters. The van der Waals surface area contributed by atoms with Crippen LogP contribution in [0.2, 0.25) is 0 Å². The van der Waals surface area contributed by atoms with Gasteiger partial charge in [-0.15, -0.1) is 0 Å². The van der Waals surface area contributed by atoms with Crippen molar-refractivity contribution in [2.75, 3.05) is 0 Å². The number of fused-ring (bicyclic) bond motifs is 2. The van der Waals surface area contributed by atoms with E-state index in [2.05, 4.69) is 6.42 Å². The maximum absolute atomic E-state index is 3.65. The highest BCUT2D eigenvalue weighted by atomic mass is 14.3. The fraction of sp³-hybridized carbons (Fsp3) is 0.889. The topological polar surface area (TPSA) is 0 Å². The average Bonchev–Trinajstić information content (AvgIpc) is 1.88. The van der Waals surface area contributed by atoms with Gasteiger partial charge < -0.3 is 0 Å². The standard InChI is InChI=1S/C9H14/c1-3-8-5-2-6-9(4-1)7-8/h8-9H,1-6H2. The lowest BCUT2D eigenvalue weighted by molar-refractivity contribution is 0.269. The second-order valence-electron chi connectivity index (χ2n) is 3.42. The molecule has 0 aromatic carbocycles. The molecule has 2 saturated carbocycles. The Balaban J connectivity index is 1.96. The van der Waals surface area contributed by atoms with E-state index < -0.39 is 0 Å². The first-order chi connectivity index (χ1) is 4.45. The molecule has 0 N–H and O–H groups in total. The van der Waals surface area contributed by atoms with Gasteiger partial charge >= 0.3 is 0 Å². The summed E-state index contributed by atoms with van der Waals surface area (Å²) < 4.78 is 0. The summed E-state index contributed by atoms with van der Waals surface area (Å²) in [6, 6.07) is 0. The molecule has 2 rings (SSSR count). The van der Waals surface area contributed by atoms with Gasteiger partial charge in [0, 0.05) is 0 Å². The second kappa shape index (κ2) is 2.32. The van der Waals surface area contributed by atoms with E-state index in [0.717, 1.165) is 11.8 Å². The largest absolute Gasteiger partial charge is 0.0527 e. The van der Waals surface area contributed by atoms with Crippen molar-refractivity contribution >= 4 is 0 Å². The molecule has 0 saturated heterocycles. The van der Waals surface area contributed by atoms with Gasteiger partial charge in [-0.1, -0.05) is 12.8 Å². The van der Waals surface area contributed by atoms with Crippen LogP contribution < -0.4 is 0 Å². The normalized spacial score (nSPS) is 42.7. The Morgan fingerprint density at radius 3 is 1.56 bits per heavy atom. The Morgan fingerprint density at radius 2 is 1.22 bits per heavy atom. The van der Waals surface area contributed by atoms with Crippen LogP contribution in [0.4, 0.5) is 0 Å². The zero-order valence-electron chi connectivity index (χ0n) is 5.90. The first-order valence-electron chi connectivity index (χ1n) is 4.21. The third kappa shape index (κ3) is 1.12. The second-order valence-corrected chi connectivity index (χ2v) is 3.42. The summed E-state index contributed by atoms with van der Waals surface area (Å²) in [4.78, 5) is 0. The van der Waals surface area contributed by atoms with Crippen molar-refractivity contribution in [1.29, 1.82) is 0 Å². The monoisotopic (exact) mass is 122 g/mol. The van der Waals surface area contributed by atoms with Crippen molar-refractivity contribution in [3.8, 4) is 0 Å². The van der Waals surface area contributed by atoms with Gasteiger partial charge in [-0.25, -0.2) is 0 Å². The van der Waals surface area contributed by atoms with Gasteiger partial charge in [0.1, 0.15) is 0 Å². The van der Waals surface area contributed by atoms with E-state index in [0.29, 0.717) is 0 Å². The minimum absolute atomic E-state index is 0.900. The molecule has 0 spiro atoms. The minimum atomic E-state index is 0.900. The van der Waals surface area contributed by atoms with E-state index in [9.17, 15) is 0 Å². The average molecular weight is 122 g/mol. The molecular weight excluding hydrogens is 108 g/mol. The summed E-state index contributed by atoms with van der Waals surface area (Å²) >= 11 is 0. The van der Waals surface area contributed by atoms with Crippen molar-refractivity contribution in [2.24, 2.45) is 11.8 Å². The van der Waals surface area contributed by atoms with Crippen LogP contribution in [0.25, 0.3) is 0 Å². The molecule has 50 valence electrons. The maximum Gasteiger partial charge on any atom is -0.0106 e. The van der Waals surface area contributed by atoms with Crippen LogP contribution in [-0.2, 0) is 0 Å². The molecule has 0 aromatic heterocycles. The highest BCUT2D eigenvalue weighted by Crippen LogP contribution is 2.38. The molecule has 2 aliphatic rings. The first kappa shape index (κ1) is 5.76. The molecule has 2 bridgehead atoms. The predicted octanol–water partition coefficient (Wildman–Crippen LogP) is 2.67. The zero-order valence-corrected chi connectivity index (χ0v) is 5.90.